The minimum Gasteiger partial charge on any atom is -0.392 e. The summed E-state index contributed by atoms with van der Waals surface area (Å²) in [6.07, 6.45) is 0. The van der Waals surface area contributed by atoms with Gasteiger partial charge in [0.1, 0.15) is 0 Å². The standard InChI is InChI=1S/C15H12O.C13H5N3O7/c16-10-15-13-7-3-1-5-11(13)9-12-6-2-4-8-14(12)15;17-13-9-3-6(14(18)19)1-2-8(9)12-10(13)4-7(15(20)21)5-11(12)16(22)23/h1-9,16H,10H2;1-5H. The minimum atomic E-state index is -0.841. The van der Waals surface area contributed by atoms with Crippen LogP contribution in [0, 0.1) is 30.3 Å². The Balaban J connectivity index is 0.000000168. The van der Waals surface area contributed by atoms with Gasteiger partial charge in [-0.25, -0.2) is 0 Å². The number of nitro benzene ring substituents is 3. The molecule has 0 unspecified atom stereocenters. The largest absolute Gasteiger partial charge is 0.392 e. The van der Waals surface area contributed by atoms with Crippen molar-refractivity contribution in [1.82, 2.24) is 0 Å². The molecule has 11 nitrogen and oxygen atoms in total. The molecule has 0 aliphatic heterocycles. The van der Waals surface area contributed by atoms with Gasteiger partial charge in [0.05, 0.1) is 33.0 Å². The number of hydrogen-bond donors (Lipinski definition) is 1. The van der Waals surface area contributed by atoms with Crippen molar-refractivity contribution < 1.29 is 24.7 Å². The molecule has 0 spiro atoms. The molecule has 0 radical (unpaired) electrons. The van der Waals surface area contributed by atoms with Gasteiger partial charge in [-0.2, -0.15) is 0 Å². The zero-order valence-corrected chi connectivity index (χ0v) is 19.9. The van der Waals surface area contributed by atoms with Crippen LogP contribution in [-0.4, -0.2) is 25.7 Å². The molecule has 5 aromatic carbocycles. The van der Waals surface area contributed by atoms with Gasteiger partial charge >= 0.3 is 0 Å². The van der Waals surface area contributed by atoms with Gasteiger partial charge in [0.25, 0.3) is 17.1 Å². The Morgan fingerprint density at radius 1 is 0.615 bits per heavy atom. The van der Waals surface area contributed by atoms with Crippen molar-refractivity contribution in [3.63, 3.8) is 0 Å². The molecule has 0 amide bonds. The second kappa shape index (κ2) is 9.72. The summed E-state index contributed by atoms with van der Waals surface area (Å²) < 4.78 is 0. The molecule has 0 fully saturated rings. The third-order valence-corrected chi connectivity index (χ3v) is 6.52. The fraction of sp³-hybridized carbons (Fsp3) is 0.0357. The average Bonchev–Trinajstić information content (AvgIpc) is 3.22. The summed E-state index contributed by atoms with van der Waals surface area (Å²) in [6, 6.07) is 23.6. The molecule has 1 aliphatic carbocycles. The number of rotatable bonds is 4. The van der Waals surface area contributed by atoms with Crippen LogP contribution in [0.5, 0.6) is 0 Å². The van der Waals surface area contributed by atoms with Crippen LogP contribution in [0.4, 0.5) is 17.1 Å². The summed E-state index contributed by atoms with van der Waals surface area (Å²) in [5, 5.41) is 47.1. The van der Waals surface area contributed by atoms with Crippen LogP contribution in [0.2, 0.25) is 0 Å². The Kier molecular flexibility index (Phi) is 6.26. The summed E-state index contributed by atoms with van der Waals surface area (Å²) in [7, 11) is 0. The van der Waals surface area contributed by atoms with E-state index in [2.05, 4.69) is 30.3 Å². The first-order valence-electron chi connectivity index (χ1n) is 11.5. The number of fused-ring (bicyclic) bond motifs is 5. The number of non-ortho nitro benzene ring substituents is 2. The summed E-state index contributed by atoms with van der Waals surface area (Å²) in [4.78, 5) is 42.8. The second-order valence-corrected chi connectivity index (χ2v) is 8.67. The molecule has 6 rings (SSSR count). The third kappa shape index (κ3) is 4.32. The fourth-order valence-electron chi connectivity index (χ4n) is 4.80. The van der Waals surface area contributed by atoms with Gasteiger partial charge in [0.15, 0.2) is 5.78 Å². The number of hydrogen-bond acceptors (Lipinski definition) is 8. The highest BCUT2D eigenvalue weighted by Gasteiger charge is 2.36. The first kappa shape index (κ1) is 25.1. The van der Waals surface area contributed by atoms with E-state index >= 15 is 0 Å². The SMILES string of the molecule is O=C1c2cc([N+](=O)[O-])ccc2-c2c1cc([N+](=O)[O-])cc2[N+](=O)[O-].OCc1c2ccccc2cc2ccccc12. The molecule has 192 valence electrons. The van der Waals surface area contributed by atoms with Crippen LogP contribution in [-0.2, 0) is 6.61 Å². The lowest BCUT2D eigenvalue weighted by atomic mass is 9.97. The second-order valence-electron chi connectivity index (χ2n) is 8.67. The lowest BCUT2D eigenvalue weighted by molar-refractivity contribution is -0.393. The van der Waals surface area contributed by atoms with Crippen LogP contribution >= 0.6 is 0 Å². The van der Waals surface area contributed by atoms with Gasteiger partial charge in [-0.1, -0.05) is 48.5 Å². The van der Waals surface area contributed by atoms with Crippen LogP contribution in [0.15, 0.2) is 84.9 Å². The van der Waals surface area contributed by atoms with Crippen molar-refractivity contribution in [1.29, 1.82) is 0 Å². The van der Waals surface area contributed by atoms with E-state index in [4.69, 9.17) is 0 Å². The molecular formula is C28H17N3O8. The molecule has 0 aromatic heterocycles. The maximum Gasteiger partial charge on any atom is 0.284 e. The van der Waals surface area contributed by atoms with Crippen LogP contribution < -0.4 is 0 Å². The van der Waals surface area contributed by atoms with Crippen LogP contribution in [0.25, 0.3) is 32.7 Å². The molecule has 0 atom stereocenters. The molecule has 0 saturated carbocycles. The number of nitrogens with zero attached hydrogens (tertiary/aromatic N) is 3. The Bertz CT molecular complexity index is 1810. The molecule has 39 heavy (non-hydrogen) atoms. The third-order valence-electron chi connectivity index (χ3n) is 6.52. The first-order chi connectivity index (χ1) is 18.7. The number of carbonyl (C=O) groups excluding carboxylic acids is 1. The van der Waals surface area contributed by atoms with E-state index in [1.165, 1.54) is 16.8 Å². The Morgan fingerprint density at radius 3 is 1.72 bits per heavy atom. The van der Waals surface area contributed by atoms with Crippen LogP contribution in [0.3, 0.4) is 0 Å². The van der Waals surface area contributed by atoms with Gasteiger partial charge in [0, 0.05) is 34.9 Å². The predicted octanol–water partition coefficient (Wildman–Crippen LogP) is 6.11. The number of ketones is 1. The lowest BCUT2D eigenvalue weighted by Crippen LogP contribution is -2.00. The smallest absolute Gasteiger partial charge is 0.284 e. The molecule has 11 heteroatoms. The van der Waals surface area contributed by atoms with Crippen molar-refractivity contribution in [3.8, 4) is 11.1 Å². The maximum absolute atomic E-state index is 12.3. The summed E-state index contributed by atoms with van der Waals surface area (Å²) in [5.41, 5.74) is -0.705. The van der Waals surface area contributed by atoms with E-state index in [1.807, 2.05) is 24.3 Å². The number of aliphatic hydroxyl groups is 1. The van der Waals surface area contributed by atoms with Crippen molar-refractivity contribution in [2.24, 2.45) is 0 Å². The summed E-state index contributed by atoms with van der Waals surface area (Å²) >= 11 is 0. The van der Waals surface area contributed by atoms with Gasteiger partial charge in [-0.15, -0.1) is 0 Å². The lowest BCUT2D eigenvalue weighted by Gasteiger charge is -2.08. The average molecular weight is 523 g/mol. The topological polar surface area (TPSA) is 167 Å². The van der Waals surface area contributed by atoms with Crippen molar-refractivity contribution >= 4 is 44.4 Å². The van der Waals surface area contributed by atoms with Crippen molar-refractivity contribution in [2.45, 2.75) is 6.61 Å². The van der Waals surface area contributed by atoms with Crippen molar-refractivity contribution in [3.05, 3.63) is 132 Å². The molecule has 0 bridgehead atoms. The molecule has 0 heterocycles. The van der Waals surface area contributed by atoms with E-state index < -0.39 is 31.9 Å². The Hall–Kier alpha value is -5.55. The number of nitro groups is 3. The zero-order valence-electron chi connectivity index (χ0n) is 19.9. The molecule has 1 N–H and O–H groups in total. The van der Waals surface area contributed by atoms with E-state index in [0.717, 1.165) is 40.6 Å². The number of carbonyl (C=O) groups is 1. The Labute approximate surface area is 219 Å². The molecule has 1 aliphatic rings. The highest BCUT2D eigenvalue weighted by molar-refractivity contribution is 6.23. The van der Waals surface area contributed by atoms with E-state index in [1.54, 1.807) is 0 Å². The number of aliphatic hydroxyl groups excluding tert-OH is 1. The number of benzene rings is 5. The van der Waals surface area contributed by atoms with E-state index in [9.17, 15) is 40.2 Å². The molecule has 0 saturated heterocycles. The highest BCUT2D eigenvalue weighted by Crippen LogP contribution is 2.45. The van der Waals surface area contributed by atoms with Gasteiger partial charge in [-0.3, -0.25) is 35.1 Å². The zero-order chi connectivity index (χ0) is 27.8. The quantitative estimate of drug-likeness (QED) is 0.164. The van der Waals surface area contributed by atoms with Gasteiger partial charge < -0.3 is 5.11 Å². The summed E-state index contributed by atoms with van der Waals surface area (Å²) in [6.45, 7) is 0.0852. The normalized spacial score (nSPS) is 11.5. The van der Waals surface area contributed by atoms with E-state index in [0.29, 0.717) is 0 Å². The van der Waals surface area contributed by atoms with Gasteiger partial charge in [-0.05, 0) is 39.2 Å². The highest BCUT2D eigenvalue weighted by atomic mass is 16.6. The minimum absolute atomic E-state index is 0.0597. The monoisotopic (exact) mass is 523 g/mol. The van der Waals surface area contributed by atoms with E-state index in [-0.39, 0.29) is 34.5 Å². The fourth-order valence-corrected chi connectivity index (χ4v) is 4.80. The summed E-state index contributed by atoms with van der Waals surface area (Å²) in [5.74, 6) is -0.717. The Morgan fingerprint density at radius 2 is 1.18 bits per heavy atom. The van der Waals surface area contributed by atoms with Crippen LogP contribution in [0.1, 0.15) is 21.5 Å². The molecule has 5 aromatic rings. The predicted molar refractivity (Wildman–Crippen MR) is 143 cm³/mol. The first-order valence-corrected chi connectivity index (χ1v) is 11.5. The van der Waals surface area contributed by atoms with Crippen molar-refractivity contribution in [2.75, 3.05) is 0 Å². The van der Waals surface area contributed by atoms with Gasteiger partial charge in [0.2, 0.25) is 0 Å². The maximum atomic E-state index is 12.3. The molecular weight excluding hydrogens is 506 g/mol.